The number of imidazole rings is 1. The molecule has 0 spiro atoms. The Kier molecular flexibility index (Phi) is 0.974. The zero-order chi connectivity index (χ0) is 6.97. The second-order valence-electron chi connectivity index (χ2n) is 2.26. The van der Waals surface area contributed by atoms with Gasteiger partial charge < -0.3 is 4.98 Å². The van der Waals surface area contributed by atoms with Gasteiger partial charge in [-0.05, 0) is 17.1 Å². The fraction of sp³-hybridized carbons (Fsp3) is 0.143. The standard InChI is InChI=1S/C7H7N3/c1-10-4-2-3-6-7(10)9-5-8-6/h2-5H,1H3/p+1. The molecule has 0 amide bonds. The molecule has 3 nitrogen and oxygen atoms in total. The molecule has 0 aliphatic carbocycles. The largest absolute Gasteiger partial charge is 0.348 e. The molecule has 2 heterocycles. The van der Waals surface area contributed by atoms with Crippen molar-refractivity contribution in [3.05, 3.63) is 24.7 Å². The Bertz CT molecular complexity index is 350. The summed E-state index contributed by atoms with van der Waals surface area (Å²) < 4.78 is 1.98. The van der Waals surface area contributed by atoms with Gasteiger partial charge in [-0.15, -0.1) is 0 Å². The lowest BCUT2D eigenvalue weighted by molar-refractivity contribution is -0.646. The molecular weight excluding hydrogens is 126 g/mol. The summed E-state index contributed by atoms with van der Waals surface area (Å²) >= 11 is 0. The maximum Gasteiger partial charge on any atom is 0.348 e. The van der Waals surface area contributed by atoms with Crippen molar-refractivity contribution >= 4 is 11.2 Å². The third-order valence-corrected chi connectivity index (χ3v) is 1.55. The number of nitrogens with one attached hydrogen (secondary N) is 1. The molecule has 0 aliphatic rings. The van der Waals surface area contributed by atoms with Gasteiger partial charge in [0.1, 0.15) is 5.52 Å². The lowest BCUT2D eigenvalue weighted by atomic mass is 10.4. The number of hydrogen-bond acceptors (Lipinski definition) is 1. The fourth-order valence-corrected chi connectivity index (χ4v) is 1.04. The molecule has 0 aliphatic heterocycles. The maximum atomic E-state index is 4.13. The molecule has 0 saturated heterocycles. The molecule has 2 rings (SSSR count). The van der Waals surface area contributed by atoms with Crippen molar-refractivity contribution in [1.29, 1.82) is 0 Å². The van der Waals surface area contributed by atoms with Crippen LogP contribution in [-0.4, -0.2) is 9.97 Å². The number of hydrogen-bond donors (Lipinski definition) is 1. The van der Waals surface area contributed by atoms with Crippen molar-refractivity contribution in [2.75, 3.05) is 0 Å². The van der Waals surface area contributed by atoms with Crippen LogP contribution in [0.5, 0.6) is 0 Å². The van der Waals surface area contributed by atoms with Gasteiger partial charge in [-0.3, -0.25) is 0 Å². The van der Waals surface area contributed by atoms with Crippen LogP contribution in [0.15, 0.2) is 24.7 Å². The number of H-pyrrole nitrogens is 1. The van der Waals surface area contributed by atoms with Crippen molar-refractivity contribution < 1.29 is 4.57 Å². The predicted octanol–water partition coefficient (Wildman–Crippen LogP) is 0.387. The number of pyridine rings is 1. The van der Waals surface area contributed by atoms with Gasteiger partial charge in [0.05, 0.1) is 13.2 Å². The van der Waals surface area contributed by atoms with Crippen LogP contribution in [0.25, 0.3) is 11.2 Å². The normalized spacial score (nSPS) is 10.5. The molecule has 50 valence electrons. The summed E-state index contributed by atoms with van der Waals surface area (Å²) in [7, 11) is 1.98. The molecule has 0 atom stereocenters. The molecule has 0 aromatic carbocycles. The van der Waals surface area contributed by atoms with Gasteiger partial charge in [0, 0.05) is 0 Å². The molecule has 1 N–H and O–H groups in total. The van der Waals surface area contributed by atoms with E-state index in [4.69, 9.17) is 0 Å². The highest BCUT2D eigenvalue weighted by Gasteiger charge is 2.04. The number of rotatable bonds is 0. The third kappa shape index (κ3) is 0.603. The van der Waals surface area contributed by atoms with Crippen LogP contribution in [0.3, 0.4) is 0 Å². The van der Waals surface area contributed by atoms with Crippen molar-refractivity contribution in [3.63, 3.8) is 0 Å². The van der Waals surface area contributed by atoms with E-state index in [9.17, 15) is 0 Å². The molecule has 0 bridgehead atoms. The summed E-state index contributed by atoms with van der Waals surface area (Å²) in [5.41, 5.74) is 2.06. The van der Waals surface area contributed by atoms with E-state index in [0.29, 0.717) is 0 Å². The molecule has 0 fully saturated rings. The molecule has 0 radical (unpaired) electrons. The molecule has 10 heavy (non-hydrogen) atoms. The van der Waals surface area contributed by atoms with Gasteiger partial charge in [0.15, 0.2) is 0 Å². The van der Waals surface area contributed by atoms with Gasteiger partial charge in [-0.2, -0.15) is 0 Å². The third-order valence-electron chi connectivity index (χ3n) is 1.55. The monoisotopic (exact) mass is 134 g/mol. The first-order valence-electron chi connectivity index (χ1n) is 3.15. The van der Waals surface area contributed by atoms with E-state index in [0.717, 1.165) is 11.2 Å². The van der Waals surface area contributed by atoms with E-state index in [1.807, 2.05) is 29.9 Å². The van der Waals surface area contributed by atoms with Crippen LogP contribution in [0.1, 0.15) is 0 Å². The van der Waals surface area contributed by atoms with Crippen LogP contribution >= 0.6 is 0 Å². The minimum atomic E-state index is 0.988. The van der Waals surface area contributed by atoms with Gasteiger partial charge in [0.2, 0.25) is 6.33 Å². The summed E-state index contributed by atoms with van der Waals surface area (Å²) in [6.45, 7) is 0. The lowest BCUT2D eigenvalue weighted by Crippen LogP contribution is -2.27. The highest BCUT2D eigenvalue weighted by atomic mass is 15.0. The summed E-state index contributed by atoms with van der Waals surface area (Å²) in [5, 5.41) is 0. The fourth-order valence-electron chi connectivity index (χ4n) is 1.04. The number of aromatic amines is 1. The molecule has 2 aromatic heterocycles. The van der Waals surface area contributed by atoms with Crippen molar-refractivity contribution in [2.24, 2.45) is 7.05 Å². The Morgan fingerprint density at radius 3 is 3.30 bits per heavy atom. The number of fused-ring (bicyclic) bond motifs is 1. The summed E-state index contributed by atoms with van der Waals surface area (Å²) in [5.74, 6) is 0. The number of aromatic nitrogens is 3. The lowest BCUT2D eigenvalue weighted by Gasteiger charge is -1.86. The van der Waals surface area contributed by atoms with E-state index < -0.39 is 0 Å². The van der Waals surface area contributed by atoms with E-state index in [1.165, 1.54) is 0 Å². The first-order valence-corrected chi connectivity index (χ1v) is 3.15. The van der Waals surface area contributed by atoms with Crippen LogP contribution in [0, 0.1) is 0 Å². The number of nitrogens with zero attached hydrogens (tertiary/aromatic N) is 2. The first-order chi connectivity index (χ1) is 4.88. The van der Waals surface area contributed by atoms with Gasteiger partial charge >= 0.3 is 5.65 Å². The van der Waals surface area contributed by atoms with Gasteiger partial charge in [-0.1, -0.05) is 0 Å². The first kappa shape index (κ1) is 5.41. The number of aryl methyl sites for hydroxylation is 1. The Hall–Kier alpha value is -1.38. The Labute approximate surface area is 58.3 Å². The summed E-state index contributed by atoms with van der Waals surface area (Å²) in [6.07, 6.45) is 3.67. The van der Waals surface area contributed by atoms with Gasteiger partial charge in [0.25, 0.3) is 0 Å². The zero-order valence-corrected chi connectivity index (χ0v) is 5.70. The maximum absolute atomic E-state index is 4.13. The minimum Gasteiger partial charge on any atom is -0.318 e. The van der Waals surface area contributed by atoms with Gasteiger partial charge in [-0.25, -0.2) is 4.57 Å². The Balaban J connectivity index is 2.95. The molecule has 0 unspecified atom stereocenters. The topological polar surface area (TPSA) is 32.6 Å². The second-order valence-corrected chi connectivity index (χ2v) is 2.26. The average Bonchev–Trinajstić information content (AvgIpc) is 2.36. The van der Waals surface area contributed by atoms with Crippen LogP contribution in [0.4, 0.5) is 0 Å². The molecule has 3 heteroatoms. The van der Waals surface area contributed by atoms with Crippen molar-refractivity contribution in [1.82, 2.24) is 9.97 Å². The minimum absolute atomic E-state index is 0.988. The van der Waals surface area contributed by atoms with Crippen LogP contribution in [-0.2, 0) is 7.05 Å². The zero-order valence-electron chi connectivity index (χ0n) is 5.70. The predicted molar refractivity (Wildman–Crippen MR) is 37.3 cm³/mol. The Morgan fingerprint density at radius 2 is 2.50 bits per heavy atom. The highest BCUT2D eigenvalue weighted by molar-refractivity contribution is 5.65. The quantitative estimate of drug-likeness (QED) is 0.519. The molecule has 0 saturated carbocycles. The van der Waals surface area contributed by atoms with E-state index in [2.05, 4.69) is 9.97 Å². The highest BCUT2D eigenvalue weighted by Crippen LogP contribution is 1.99. The smallest absolute Gasteiger partial charge is 0.318 e. The van der Waals surface area contributed by atoms with Crippen LogP contribution < -0.4 is 4.57 Å². The molecular formula is C7H8N3+. The Morgan fingerprint density at radius 1 is 1.60 bits per heavy atom. The van der Waals surface area contributed by atoms with Crippen molar-refractivity contribution in [3.8, 4) is 0 Å². The second kappa shape index (κ2) is 1.80. The van der Waals surface area contributed by atoms with E-state index >= 15 is 0 Å². The summed E-state index contributed by atoms with van der Waals surface area (Å²) in [6, 6.07) is 3.99. The van der Waals surface area contributed by atoms with Crippen LogP contribution in [0.2, 0.25) is 0 Å². The summed E-state index contributed by atoms with van der Waals surface area (Å²) in [4.78, 5) is 7.15. The SMILES string of the molecule is C[n+]1cccc2[nH]cnc21. The van der Waals surface area contributed by atoms with E-state index in [1.54, 1.807) is 6.33 Å². The average molecular weight is 134 g/mol. The molecule has 2 aromatic rings. The van der Waals surface area contributed by atoms with E-state index in [-0.39, 0.29) is 0 Å². The van der Waals surface area contributed by atoms with Crippen molar-refractivity contribution in [2.45, 2.75) is 0 Å².